The Kier molecular flexibility index (Phi) is 5.55. The summed E-state index contributed by atoms with van der Waals surface area (Å²) in [5.41, 5.74) is 2.72. The van der Waals surface area contributed by atoms with Gasteiger partial charge in [0.25, 0.3) is 0 Å². The number of ether oxygens (including phenoxy) is 1. The molecule has 2 N–H and O–H groups in total. The third-order valence-corrected chi connectivity index (χ3v) is 5.62. The molecule has 0 saturated heterocycles. The van der Waals surface area contributed by atoms with Crippen LogP contribution in [0, 0.1) is 11.3 Å². The fraction of sp³-hybridized carbons (Fsp3) is 0.143. The number of carbonyl (C=O) groups is 1. The Balaban J connectivity index is 1.93. The first-order valence-electron chi connectivity index (χ1n) is 8.63. The molecule has 3 rings (SSSR count). The SMILES string of the molecule is COc1ccc(C(=O)c2cc(C#N)c(Cc3ccc(S(N)(=O)=O)cc3)n2C)cc1. The fourth-order valence-electron chi connectivity index (χ4n) is 3.05. The summed E-state index contributed by atoms with van der Waals surface area (Å²) >= 11 is 0. The van der Waals surface area contributed by atoms with Crippen molar-refractivity contribution in [3.8, 4) is 11.8 Å². The molecule has 1 heterocycles. The highest BCUT2D eigenvalue weighted by molar-refractivity contribution is 7.89. The van der Waals surface area contributed by atoms with Gasteiger partial charge in [0.15, 0.2) is 0 Å². The molecular formula is C21H19N3O4S. The number of rotatable bonds is 6. The minimum absolute atomic E-state index is 0.0176. The molecule has 0 saturated carbocycles. The molecule has 0 unspecified atom stereocenters. The van der Waals surface area contributed by atoms with Gasteiger partial charge in [0, 0.05) is 24.7 Å². The zero-order valence-corrected chi connectivity index (χ0v) is 16.7. The number of sulfonamides is 1. The topological polar surface area (TPSA) is 115 Å². The van der Waals surface area contributed by atoms with Crippen LogP contribution in [-0.4, -0.2) is 25.9 Å². The monoisotopic (exact) mass is 409 g/mol. The molecule has 3 aromatic rings. The Bertz CT molecular complexity index is 1200. The Morgan fingerprint density at radius 2 is 1.76 bits per heavy atom. The smallest absolute Gasteiger partial charge is 0.238 e. The van der Waals surface area contributed by atoms with Crippen molar-refractivity contribution in [1.29, 1.82) is 5.26 Å². The normalized spacial score (nSPS) is 11.1. The highest BCUT2D eigenvalue weighted by Crippen LogP contribution is 2.22. The van der Waals surface area contributed by atoms with Crippen LogP contribution < -0.4 is 9.88 Å². The van der Waals surface area contributed by atoms with Crippen molar-refractivity contribution in [3.63, 3.8) is 0 Å². The highest BCUT2D eigenvalue weighted by Gasteiger charge is 2.19. The summed E-state index contributed by atoms with van der Waals surface area (Å²) in [7, 11) is -0.489. The van der Waals surface area contributed by atoms with Crippen molar-refractivity contribution >= 4 is 15.8 Å². The maximum atomic E-state index is 12.9. The Morgan fingerprint density at radius 3 is 2.28 bits per heavy atom. The molecule has 148 valence electrons. The van der Waals surface area contributed by atoms with E-state index in [9.17, 15) is 18.5 Å². The van der Waals surface area contributed by atoms with Crippen LogP contribution in [0.3, 0.4) is 0 Å². The van der Waals surface area contributed by atoms with E-state index in [-0.39, 0.29) is 10.7 Å². The van der Waals surface area contributed by atoms with Crippen LogP contribution in [0.15, 0.2) is 59.5 Å². The van der Waals surface area contributed by atoms with E-state index < -0.39 is 10.0 Å². The highest BCUT2D eigenvalue weighted by atomic mass is 32.2. The van der Waals surface area contributed by atoms with Crippen molar-refractivity contribution in [3.05, 3.63) is 82.7 Å². The van der Waals surface area contributed by atoms with Gasteiger partial charge in [-0.25, -0.2) is 13.6 Å². The average molecular weight is 409 g/mol. The zero-order chi connectivity index (χ0) is 21.2. The maximum absolute atomic E-state index is 12.9. The number of ketones is 1. The molecule has 0 bridgehead atoms. The molecule has 0 amide bonds. The molecule has 1 aromatic heterocycles. The van der Waals surface area contributed by atoms with Crippen molar-refractivity contribution < 1.29 is 17.9 Å². The molecule has 8 heteroatoms. The van der Waals surface area contributed by atoms with Crippen LogP contribution in [0.1, 0.15) is 32.9 Å². The van der Waals surface area contributed by atoms with E-state index in [1.807, 2.05) is 0 Å². The summed E-state index contributed by atoms with van der Waals surface area (Å²) in [5.74, 6) is 0.442. The lowest BCUT2D eigenvalue weighted by Gasteiger charge is -2.09. The van der Waals surface area contributed by atoms with Crippen molar-refractivity contribution in [2.75, 3.05) is 7.11 Å². The molecule has 7 nitrogen and oxygen atoms in total. The molecule has 0 fully saturated rings. The molecule has 0 aliphatic rings. The average Bonchev–Trinajstić information content (AvgIpc) is 3.03. The van der Waals surface area contributed by atoms with Crippen LogP contribution in [0.4, 0.5) is 0 Å². The van der Waals surface area contributed by atoms with Crippen LogP contribution in [0.2, 0.25) is 0 Å². The second-order valence-corrected chi connectivity index (χ2v) is 8.05. The van der Waals surface area contributed by atoms with E-state index in [0.29, 0.717) is 34.7 Å². The summed E-state index contributed by atoms with van der Waals surface area (Å²) in [4.78, 5) is 12.9. The number of primary sulfonamides is 1. The summed E-state index contributed by atoms with van der Waals surface area (Å²) in [6.45, 7) is 0. The molecule has 2 aromatic carbocycles. The lowest BCUT2D eigenvalue weighted by molar-refractivity contribution is 0.103. The van der Waals surface area contributed by atoms with Gasteiger partial charge in [-0.2, -0.15) is 5.26 Å². The van der Waals surface area contributed by atoms with Crippen molar-refractivity contribution in [1.82, 2.24) is 4.57 Å². The summed E-state index contributed by atoms with van der Waals surface area (Å²) < 4.78 is 29.6. The molecule has 0 radical (unpaired) electrons. The molecule has 0 aliphatic heterocycles. The van der Waals surface area contributed by atoms with Gasteiger partial charge in [-0.3, -0.25) is 4.79 Å². The number of hydrogen-bond acceptors (Lipinski definition) is 5. The predicted octanol–water partition coefficient (Wildman–Crippen LogP) is 2.37. The van der Waals surface area contributed by atoms with Crippen LogP contribution in [0.5, 0.6) is 5.75 Å². The quantitative estimate of drug-likeness (QED) is 0.628. The molecule has 0 spiro atoms. The first-order chi connectivity index (χ1) is 13.7. The predicted molar refractivity (Wildman–Crippen MR) is 107 cm³/mol. The van der Waals surface area contributed by atoms with Gasteiger partial charge in [0.1, 0.15) is 11.8 Å². The lowest BCUT2D eigenvalue weighted by Crippen LogP contribution is -2.12. The number of methoxy groups -OCH3 is 1. The van der Waals surface area contributed by atoms with E-state index in [0.717, 1.165) is 5.56 Å². The van der Waals surface area contributed by atoms with Gasteiger partial charge in [-0.05, 0) is 48.0 Å². The maximum Gasteiger partial charge on any atom is 0.238 e. The standard InChI is InChI=1S/C21H19N3O4S/c1-24-19(11-14-3-9-18(10-4-14)29(23,26)27)16(13-22)12-20(24)21(25)15-5-7-17(28-2)8-6-15/h3-10,12H,11H2,1-2H3,(H2,23,26,27). The van der Waals surface area contributed by atoms with Gasteiger partial charge in [0.2, 0.25) is 15.8 Å². The van der Waals surface area contributed by atoms with Crippen LogP contribution >= 0.6 is 0 Å². The van der Waals surface area contributed by atoms with E-state index in [4.69, 9.17) is 9.88 Å². The third kappa shape index (κ3) is 4.21. The minimum Gasteiger partial charge on any atom is -0.497 e. The molecule has 0 atom stereocenters. The first-order valence-corrected chi connectivity index (χ1v) is 10.2. The van der Waals surface area contributed by atoms with E-state index in [2.05, 4.69) is 6.07 Å². The second-order valence-electron chi connectivity index (χ2n) is 6.48. The Hall–Kier alpha value is -3.41. The van der Waals surface area contributed by atoms with Gasteiger partial charge >= 0.3 is 0 Å². The number of aromatic nitrogens is 1. The van der Waals surface area contributed by atoms with Gasteiger partial charge < -0.3 is 9.30 Å². The Labute approximate surface area is 169 Å². The zero-order valence-electron chi connectivity index (χ0n) is 15.9. The second kappa shape index (κ2) is 7.91. The number of benzene rings is 2. The Morgan fingerprint density at radius 1 is 1.14 bits per heavy atom. The van der Waals surface area contributed by atoms with Gasteiger partial charge in [-0.1, -0.05) is 12.1 Å². The largest absolute Gasteiger partial charge is 0.497 e. The van der Waals surface area contributed by atoms with Gasteiger partial charge in [0.05, 0.1) is 23.3 Å². The number of nitrogens with two attached hydrogens (primary N) is 1. The van der Waals surface area contributed by atoms with Crippen LogP contribution in [-0.2, 0) is 23.5 Å². The van der Waals surface area contributed by atoms with E-state index in [1.54, 1.807) is 61.2 Å². The first kappa shape index (κ1) is 20.3. The van der Waals surface area contributed by atoms with Crippen molar-refractivity contribution in [2.24, 2.45) is 12.2 Å². The lowest BCUT2D eigenvalue weighted by atomic mass is 10.1. The summed E-state index contributed by atoms with van der Waals surface area (Å²) in [5, 5.41) is 14.6. The van der Waals surface area contributed by atoms with E-state index in [1.165, 1.54) is 12.1 Å². The fourth-order valence-corrected chi connectivity index (χ4v) is 3.57. The molecule has 0 aliphatic carbocycles. The molecular weight excluding hydrogens is 390 g/mol. The van der Waals surface area contributed by atoms with Crippen molar-refractivity contribution in [2.45, 2.75) is 11.3 Å². The van der Waals surface area contributed by atoms with Crippen LogP contribution in [0.25, 0.3) is 0 Å². The number of hydrogen-bond donors (Lipinski definition) is 1. The number of nitrogens with zero attached hydrogens (tertiary/aromatic N) is 2. The number of nitriles is 1. The third-order valence-electron chi connectivity index (χ3n) is 4.69. The van der Waals surface area contributed by atoms with Gasteiger partial charge in [-0.15, -0.1) is 0 Å². The summed E-state index contributed by atoms with van der Waals surface area (Å²) in [6.07, 6.45) is 0.361. The summed E-state index contributed by atoms with van der Waals surface area (Å²) in [6, 6.07) is 16.6. The van der Waals surface area contributed by atoms with E-state index >= 15 is 0 Å². The number of carbonyl (C=O) groups excluding carboxylic acids is 1. The molecule has 29 heavy (non-hydrogen) atoms. The minimum atomic E-state index is -3.77.